The van der Waals surface area contributed by atoms with E-state index >= 15 is 0 Å². The molecule has 9 heteroatoms. The zero-order valence-electron chi connectivity index (χ0n) is 22.9. The van der Waals surface area contributed by atoms with Gasteiger partial charge in [0.15, 0.2) is 0 Å². The van der Waals surface area contributed by atoms with Gasteiger partial charge in [-0.15, -0.1) is 6.58 Å². The molecule has 0 radical (unpaired) electrons. The third-order valence-electron chi connectivity index (χ3n) is 7.56. The highest BCUT2D eigenvalue weighted by molar-refractivity contribution is 5.94. The highest BCUT2D eigenvalue weighted by Crippen LogP contribution is 2.32. The molecule has 2 aliphatic rings. The number of aromatic nitrogens is 1. The quantitative estimate of drug-likeness (QED) is 0.404. The average Bonchev–Trinajstić information content (AvgIpc) is 3.39. The van der Waals surface area contributed by atoms with Crippen LogP contribution in [-0.2, 0) is 9.59 Å². The lowest BCUT2D eigenvalue weighted by Gasteiger charge is -2.30. The monoisotopic (exact) mass is 520 g/mol. The zero-order chi connectivity index (χ0) is 27.4. The molecule has 4 atom stereocenters. The van der Waals surface area contributed by atoms with Crippen molar-refractivity contribution in [2.24, 2.45) is 28.6 Å². The van der Waals surface area contributed by atoms with E-state index < -0.39 is 17.7 Å². The molecule has 4 rings (SSSR count). The van der Waals surface area contributed by atoms with Crippen LogP contribution < -0.4 is 16.5 Å². The summed E-state index contributed by atoms with van der Waals surface area (Å²) >= 11 is 0. The van der Waals surface area contributed by atoms with Crippen LogP contribution in [0.5, 0.6) is 0 Å². The lowest BCUT2D eigenvalue weighted by Crippen LogP contribution is -2.50. The Hall–Kier alpha value is -3.62. The number of nitrogens with zero attached hydrogens (tertiary/aromatic N) is 3. The summed E-state index contributed by atoms with van der Waals surface area (Å²) in [6, 6.07) is 8.12. The van der Waals surface area contributed by atoms with Gasteiger partial charge in [0.25, 0.3) is 0 Å². The Morgan fingerprint density at radius 2 is 1.97 bits per heavy atom. The molecule has 1 aromatic carbocycles. The minimum Gasteiger partial charge on any atom is -0.369 e. The number of primary amides is 1. The van der Waals surface area contributed by atoms with E-state index in [0.717, 1.165) is 59.8 Å². The number of benzene rings is 1. The molecule has 1 unspecified atom stereocenters. The van der Waals surface area contributed by atoms with Crippen molar-refractivity contribution in [3.8, 4) is 11.1 Å². The van der Waals surface area contributed by atoms with Crippen molar-refractivity contribution < 1.29 is 14.1 Å². The molecule has 0 bridgehead atoms. The maximum Gasteiger partial charge on any atom is 0.224 e. The first-order chi connectivity index (χ1) is 18.2. The third-order valence-corrected chi connectivity index (χ3v) is 7.56. The molecule has 38 heavy (non-hydrogen) atoms. The summed E-state index contributed by atoms with van der Waals surface area (Å²) in [4.78, 5) is 28.0. The fourth-order valence-corrected chi connectivity index (χ4v) is 5.69. The second-order valence-corrected chi connectivity index (χ2v) is 10.8. The van der Waals surface area contributed by atoms with Crippen molar-refractivity contribution >= 4 is 17.6 Å². The van der Waals surface area contributed by atoms with Gasteiger partial charge in [-0.25, -0.2) is 0 Å². The van der Waals surface area contributed by atoms with Crippen molar-refractivity contribution in [3.63, 3.8) is 0 Å². The zero-order valence-corrected chi connectivity index (χ0v) is 22.9. The topological polar surface area (TPSA) is 126 Å². The third kappa shape index (κ3) is 5.76. The van der Waals surface area contributed by atoms with E-state index in [1.54, 1.807) is 6.08 Å². The summed E-state index contributed by atoms with van der Waals surface area (Å²) in [5.74, 6) is 0.173. The number of hydrogen-bond donors (Lipinski definition) is 3. The fourth-order valence-electron chi connectivity index (χ4n) is 5.69. The minimum atomic E-state index is -0.579. The van der Waals surface area contributed by atoms with Gasteiger partial charge in [-0.1, -0.05) is 49.3 Å². The SMILES string of the molecule is C=CC[C@H](C(N)=O)[C@@H](CC(C)C)C(=O)N[C@H]1CCCCN2C1=NNC2c1ccc(-c2c(C)noc2C)cc1. The fraction of sp³-hybridized carbons (Fsp3) is 0.517. The Morgan fingerprint density at radius 3 is 2.58 bits per heavy atom. The molecule has 4 N–H and O–H groups in total. The second kappa shape index (κ2) is 11.8. The Labute approximate surface area is 224 Å². The molecule has 0 aliphatic carbocycles. The van der Waals surface area contributed by atoms with Gasteiger partial charge >= 0.3 is 0 Å². The maximum atomic E-state index is 13.6. The first-order valence-corrected chi connectivity index (χ1v) is 13.5. The number of nitrogens with one attached hydrogen (secondary N) is 2. The molecule has 2 amide bonds. The van der Waals surface area contributed by atoms with Crippen LogP contribution >= 0.6 is 0 Å². The molecule has 9 nitrogen and oxygen atoms in total. The molecular weight excluding hydrogens is 480 g/mol. The van der Waals surface area contributed by atoms with Crippen molar-refractivity contribution in [1.82, 2.24) is 20.8 Å². The number of nitrogens with two attached hydrogens (primary N) is 1. The molecule has 0 spiro atoms. The van der Waals surface area contributed by atoms with E-state index in [0.29, 0.717) is 12.8 Å². The van der Waals surface area contributed by atoms with Gasteiger partial charge in [0.1, 0.15) is 17.8 Å². The number of carbonyl (C=O) groups is 2. The van der Waals surface area contributed by atoms with Gasteiger partial charge in [-0.3, -0.25) is 15.0 Å². The second-order valence-electron chi connectivity index (χ2n) is 10.8. The van der Waals surface area contributed by atoms with E-state index in [9.17, 15) is 9.59 Å². The Kier molecular flexibility index (Phi) is 8.54. The lowest BCUT2D eigenvalue weighted by molar-refractivity contribution is -0.134. The van der Waals surface area contributed by atoms with E-state index in [-0.39, 0.29) is 24.0 Å². The van der Waals surface area contributed by atoms with Crippen LogP contribution in [0.3, 0.4) is 0 Å². The van der Waals surface area contributed by atoms with Crippen LogP contribution in [0.4, 0.5) is 0 Å². The number of hydrogen-bond acceptors (Lipinski definition) is 7. The summed E-state index contributed by atoms with van der Waals surface area (Å²) in [7, 11) is 0. The Morgan fingerprint density at radius 1 is 1.24 bits per heavy atom. The van der Waals surface area contributed by atoms with Gasteiger partial charge < -0.3 is 20.5 Å². The van der Waals surface area contributed by atoms with Crippen LogP contribution in [-0.4, -0.2) is 40.3 Å². The van der Waals surface area contributed by atoms with Gasteiger partial charge in [0.05, 0.1) is 23.6 Å². The lowest BCUT2D eigenvalue weighted by atomic mass is 9.82. The summed E-state index contributed by atoms with van der Waals surface area (Å²) < 4.78 is 5.33. The average molecular weight is 521 g/mol. The van der Waals surface area contributed by atoms with E-state index in [2.05, 4.69) is 51.6 Å². The molecule has 2 aliphatic heterocycles. The summed E-state index contributed by atoms with van der Waals surface area (Å²) in [6.45, 7) is 12.6. The summed E-state index contributed by atoms with van der Waals surface area (Å²) in [6.07, 6.45) is 5.26. The van der Waals surface area contributed by atoms with Gasteiger partial charge in [0, 0.05) is 12.1 Å². The predicted molar refractivity (Wildman–Crippen MR) is 148 cm³/mol. The number of aryl methyl sites for hydroxylation is 2. The number of rotatable bonds is 10. The van der Waals surface area contributed by atoms with E-state index in [4.69, 9.17) is 15.4 Å². The highest BCUT2D eigenvalue weighted by atomic mass is 16.5. The number of amidine groups is 1. The van der Waals surface area contributed by atoms with Crippen LogP contribution in [0.15, 0.2) is 46.5 Å². The summed E-state index contributed by atoms with van der Waals surface area (Å²) in [5.41, 5.74) is 13.0. The first-order valence-electron chi connectivity index (χ1n) is 13.5. The Balaban J connectivity index is 1.51. The number of hydrazone groups is 1. The van der Waals surface area contributed by atoms with E-state index in [1.165, 1.54) is 0 Å². The van der Waals surface area contributed by atoms with Crippen LogP contribution in [0.1, 0.15) is 69.1 Å². The first kappa shape index (κ1) is 27.4. The predicted octanol–water partition coefficient (Wildman–Crippen LogP) is 4.18. The number of amides is 2. The molecule has 0 saturated carbocycles. The largest absolute Gasteiger partial charge is 0.369 e. The van der Waals surface area contributed by atoms with Crippen molar-refractivity contribution in [2.75, 3.05) is 6.54 Å². The van der Waals surface area contributed by atoms with Crippen molar-refractivity contribution in [2.45, 2.75) is 72.0 Å². The molecular formula is C29H40N6O3. The molecule has 1 saturated heterocycles. The molecule has 204 valence electrons. The van der Waals surface area contributed by atoms with Gasteiger partial charge in [-0.05, 0) is 63.0 Å². The minimum absolute atomic E-state index is 0.119. The molecule has 3 heterocycles. The highest BCUT2D eigenvalue weighted by Gasteiger charge is 2.38. The van der Waals surface area contributed by atoms with Crippen LogP contribution in [0, 0.1) is 31.6 Å². The van der Waals surface area contributed by atoms with Crippen LogP contribution in [0.2, 0.25) is 0 Å². The van der Waals surface area contributed by atoms with Crippen molar-refractivity contribution in [3.05, 3.63) is 53.9 Å². The van der Waals surface area contributed by atoms with Crippen LogP contribution in [0.25, 0.3) is 11.1 Å². The molecule has 1 aromatic heterocycles. The molecule has 1 fully saturated rings. The van der Waals surface area contributed by atoms with Gasteiger partial charge in [-0.2, -0.15) is 5.10 Å². The van der Waals surface area contributed by atoms with Crippen molar-refractivity contribution in [1.29, 1.82) is 0 Å². The molecule has 2 aromatic rings. The standard InChI is InChI=1S/C29H40N6O3/c1-6-9-22(26(30)36)23(16-17(2)3)29(37)31-24-10-7-8-15-35-27(32-33-28(24)35)21-13-11-20(12-14-21)25-18(4)34-38-19(25)5/h6,11-14,17,22-24,27,32H,1,7-10,15-16H2,2-5H3,(H2,30,36)(H,31,37)/t22-,23+,24-,27?/m0/s1. The summed E-state index contributed by atoms with van der Waals surface area (Å²) in [5, 5.41) is 12.0. The maximum absolute atomic E-state index is 13.6. The number of carbonyl (C=O) groups excluding carboxylic acids is 2. The number of allylic oxidation sites excluding steroid dienone is 1. The van der Waals surface area contributed by atoms with Gasteiger partial charge in [0.2, 0.25) is 11.8 Å². The van der Waals surface area contributed by atoms with E-state index in [1.807, 2.05) is 27.7 Å². The number of fused-ring (bicyclic) bond motifs is 1. The normalized spacial score (nSPS) is 20.7. The Bertz CT molecular complexity index is 1170. The smallest absolute Gasteiger partial charge is 0.224 e.